The van der Waals surface area contributed by atoms with Gasteiger partial charge in [-0.05, 0) is 147 Å². The number of hydrogen-bond donors (Lipinski definition) is 2. The van der Waals surface area contributed by atoms with Crippen LogP contribution in [0.2, 0.25) is 0 Å². The quantitative estimate of drug-likeness (QED) is 0.0273. The van der Waals surface area contributed by atoms with Gasteiger partial charge in [-0.15, -0.1) is 6.58 Å². The number of nitro benzene ring substituents is 1. The molecule has 6 atom stereocenters. The molecule has 1 amide bonds. The molecule has 12 nitrogen and oxygen atoms in total. The minimum atomic E-state index is -1.54. The number of carbonyl (C=O) groups excluding carboxylic acids is 1. The zero-order valence-corrected chi connectivity index (χ0v) is 37.9. The summed E-state index contributed by atoms with van der Waals surface area (Å²) in [6.07, 6.45) is 11.5. The predicted octanol–water partition coefficient (Wildman–Crippen LogP) is 10.5. The number of carbonyl (C=O) groups is 1. The third-order valence-corrected chi connectivity index (χ3v) is 13.1. The highest BCUT2D eigenvalue weighted by atomic mass is 19.1. The van der Waals surface area contributed by atoms with Gasteiger partial charge >= 0.3 is 0 Å². The molecule has 0 spiro atoms. The van der Waals surface area contributed by atoms with E-state index >= 15 is 4.79 Å². The van der Waals surface area contributed by atoms with E-state index in [1.54, 1.807) is 41.3 Å². The van der Waals surface area contributed by atoms with Gasteiger partial charge in [0.1, 0.15) is 35.7 Å². The molecular weight excluding hydrogens is 842 g/mol. The highest BCUT2D eigenvalue weighted by molar-refractivity contribution is 6.03. The standard InChI is InChI=1S/C53H60FN3O9/c1-5-29-63-53-49(56(34-38-14-19-40(54)20-15-38)50(60)26-18-37-16-21-41(22-17-37)57(61)62)33-47(55-64-6-2)45-31-39(11-7-9-27-58)44(12-8-10-28-59)51(52(45)53)46-32-43(24-25-48(46)66-53)65-42-23-13-35(3)36(4)30-42/h5,13-26,30-32,39,44,49,51-52,58-59H,1,6-12,27-29,33-34H2,2-4H3/t39-,44+,49-,51+,52+,53+/m0/s1. The van der Waals surface area contributed by atoms with Crippen LogP contribution < -0.4 is 9.47 Å². The first-order valence-electron chi connectivity index (χ1n) is 22.9. The number of halogens is 1. The van der Waals surface area contributed by atoms with Gasteiger partial charge in [0.05, 0.1) is 23.2 Å². The lowest BCUT2D eigenvalue weighted by atomic mass is 9.55. The monoisotopic (exact) mass is 901 g/mol. The minimum absolute atomic E-state index is 0.00871. The molecule has 4 aromatic carbocycles. The zero-order valence-electron chi connectivity index (χ0n) is 37.9. The van der Waals surface area contributed by atoms with Crippen LogP contribution >= 0.6 is 0 Å². The maximum Gasteiger partial charge on any atom is 0.269 e. The Bertz CT molecular complexity index is 2440. The van der Waals surface area contributed by atoms with Crippen molar-refractivity contribution in [2.24, 2.45) is 22.9 Å². The molecule has 0 bridgehead atoms. The number of allylic oxidation sites excluding steroid dienone is 1. The number of nitro groups is 1. The van der Waals surface area contributed by atoms with Crippen LogP contribution in [0.4, 0.5) is 10.1 Å². The number of non-ortho nitro benzene ring substituents is 1. The molecule has 0 radical (unpaired) electrons. The van der Waals surface area contributed by atoms with E-state index < -0.39 is 34.4 Å². The molecule has 1 saturated carbocycles. The SMILES string of the molecule is C=CCO[C@@]12Oc3ccc(Oc4ccc(C)c(C)c4)cc3[C@H]3[C@H](CCCCO)[C@@H](CCCCO)C=C(C(=NOCC)C[C@@H]1N(Cc1ccc(F)cc1)C(=O)C=Cc1ccc([N+](=O)[O-])cc1)[C@H]32. The van der Waals surface area contributed by atoms with E-state index in [2.05, 4.69) is 25.6 Å². The molecule has 66 heavy (non-hydrogen) atoms. The number of aliphatic hydroxyl groups excluding tert-OH is 2. The van der Waals surface area contributed by atoms with Crippen LogP contribution in [0.1, 0.15) is 85.6 Å². The smallest absolute Gasteiger partial charge is 0.269 e. The van der Waals surface area contributed by atoms with E-state index in [0.717, 1.165) is 47.9 Å². The van der Waals surface area contributed by atoms with Crippen molar-refractivity contribution in [3.63, 3.8) is 0 Å². The van der Waals surface area contributed by atoms with Gasteiger partial charge in [0.25, 0.3) is 5.69 Å². The van der Waals surface area contributed by atoms with Crippen LogP contribution in [0.3, 0.4) is 0 Å². The van der Waals surface area contributed by atoms with Gasteiger partial charge < -0.3 is 34.2 Å². The molecule has 1 heterocycles. The largest absolute Gasteiger partial charge is 0.459 e. The summed E-state index contributed by atoms with van der Waals surface area (Å²) in [5.41, 5.74) is 5.87. The number of nitrogens with zero attached hydrogens (tertiary/aromatic N) is 3. The van der Waals surface area contributed by atoms with E-state index in [9.17, 15) is 24.7 Å². The highest BCUT2D eigenvalue weighted by Gasteiger charge is 2.65. The molecule has 0 saturated heterocycles. The fourth-order valence-electron chi connectivity index (χ4n) is 9.87. The van der Waals surface area contributed by atoms with Crippen molar-refractivity contribution in [1.82, 2.24) is 4.90 Å². The molecule has 3 aliphatic rings. The van der Waals surface area contributed by atoms with Crippen molar-refractivity contribution in [3.8, 4) is 17.2 Å². The number of aliphatic hydroxyl groups is 2. The third kappa shape index (κ3) is 10.6. The van der Waals surface area contributed by atoms with Crippen LogP contribution in [0.25, 0.3) is 6.08 Å². The maximum absolute atomic E-state index is 15.0. The molecular formula is C53H60FN3O9. The zero-order chi connectivity index (χ0) is 46.8. The number of ether oxygens (including phenoxy) is 3. The average Bonchev–Trinajstić information content (AvgIpc) is 3.31. The van der Waals surface area contributed by atoms with Gasteiger partial charge in [0, 0.05) is 55.9 Å². The molecule has 1 aliphatic heterocycles. The number of rotatable bonds is 21. The van der Waals surface area contributed by atoms with Gasteiger partial charge in [-0.3, -0.25) is 14.9 Å². The lowest BCUT2D eigenvalue weighted by molar-refractivity contribution is -0.384. The Morgan fingerprint density at radius 3 is 2.36 bits per heavy atom. The molecule has 7 rings (SSSR count). The fraction of sp³-hybridized carbons (Fsp3) is 0.396. The Kier molecular flexibility index (Phi) is 15.9. The van der Waals surface area contributed by atoms with Crippen molar-refractivity contribution < 1.29 is 43.4 Å². The Hall–Kier alpha value is -6.15. The summed E-state index contributed by atoms with van der Waals surface area (Å²) in [7, 11) is 0. The first kappa shape index (κ1) is 47.8. The lowest BCUT2D eigenvalue weighted by Gasteiger charge is -2.60. The van der Waals surface area contributed by atoms with Gasteiger partial charge in [0.2, 0.25) is 11.7 Å². The molecule has 13 heteroatoms. The normalized spacial score (nSPS) is 22.5. The van der Waals surface area contributed by atoms with Gasteiger partial charge in [-0.25, -0.2) is 4.39 Å². The molecule has 2 N–H and O–H groups in total. The Morgan fingerprint density at radius 1 is 0.970 bits per heavy atom. The summed E-state index contributed by atoms with van der Waals surface area (Å²) in [4.78, 5) is 33.5. The second kappa shape index (κ2) is 21.9. The first-order valence-corrected chi connectivity index (χ1v) is 22.9. The Morgan fingerprint density at radius 2 is 1.68 bits per heavy atom. The van der Waals surface area contributed by atoms with Crippen molar-refractivity contribution in [3.05, 3.63) is 159 Å². The highest BCUT2D eigenvalue weighted by Crippen LogP contribution is 2.62. The number of unbranched alkanes of at least 4 members (excludes halogenated alkanes) is 2. The molecule has 1 fully saturated rings. The summed E-state index contributed by atoms with van der Waals surface area (Å²) in [6.45, 7) is 10.5. The van der Waals surface area contributed by atoms with Crippen molar-refractivity contribution >= 4 is 23.4 Å². The molecule has 348 valence electrons. The van der Waals surface area contributed by atoms with Crippen LogP contribution in [-0.2, 0) is 20.9 Å². The van der Waals surface area contributed by atoms with Crippen LogP contribution in [0.5, 0.6) is 17.2 Å². The van der Waals surface area contributed by atoms with E-state index in [0.29, 0.717) is 53.5 Å². The number of fused-ring (bicyclic) bond motifs is 2. The fourth-order valence-corrected chi connectivity index (χ4v) is 9.87. The summed E-state index contributed by atoms with van der Waals surface area (Å²) in [5.74, 6) is -1.29. The van der Waals surface area contributed by atoms with Crippen molar-refractivity contribution in [1.29, 1.82) is 0 Å². The summed E-state index contributed by atoms with van der Waals surface area (Å²) in [6, 6.07) is 22.9. The Balaban J connectivity index is 1.44. The van der Waals surface area contributed by atoms with Crippen LogP contribution in [0.15, 0.2) is 120 Å². The number of aryl methyl sites for hydroxylation is 2. The minimum Gasteiger partial charge on any atom is -0.459 e. The molecule has 0 aromatic heterocycles. The lowest BCUT2D eigenvalue weighted by Crippen LogP contribution is -2.70. The summed E-state index contributed by atoms with van der Waals surface area (Å²) in [5, 5.41) is 36.1. The Labute approximate surface area is 386 Å². The molecule has 4 aromatic rings. The van der Waals surface area contributed by atoms with Gasteiger partial charge in [0.15, 0.2) is 0 Å². The second-order valence-electron chi connectivity index (χ2n) is 17.3. The topological polar surface area (TPSA) is 153 Å². The second-order valence-corrected chi connectivity index (χ2v) is 17.3. The van der Waals surface area contributed by atoms with Gasteiger partial charge in [-0.1, -0.05) is 48.3 Å². The van der Waals surface area contributed by atoms with E-state index in [4.69, 9.17) is 24.2 Å². The van der Waals surface area contributed by atoms with Crippen LogP contribution in [0, 0.1) is 47.5 Å². The number of amides is 1. The first-order chi connectivity index (χ1) is 32.0. The molecule has 0 unspecified atom stereocenters. The number of benzene rings is 4. The van der Waals surface area contributed by atoms with Crippen LogP contribution in [-0.4, -0.2) is 69.9 Å². The third-order valence-electron chi connectivity index (χ3n) is 13.1. The van der Waals surface area contributed by atoms with Crippen molar-refractivity contribution in [2.75, 3.05) is 26.4 Å². The summed E-state index contributed by atoms with van der Waals surface area (Å²) < 4.78 is 35.4. The van der Waals surface area contributed by atoms with E-state index in [1.165, 1.54) is 30.3 Å². The van der Waals surface area contributed by atoms with E-state index in [1.807, 2.05) is 44.2 Å². The van der Waals surface area contributed by atoms with Crippen molar-refractivity contribution in [2.45, 2.75) is 90.0 Å². The number of hydrogen-bond acceptors (Lipinski definition) is 10. The molecule has 2 aliphatic carbocycles. The average molecular weight is 902 g/mol. The number of oxime groups is 1. The maximum atomic E-state index is 15.0. The summed E-state index contributed by atoms with van der Waals surface area (Å²) >= 11 is 0. The van der Waals surface area contributed by atoms with E-state index in [-0.39, 0.29) is 56.2 Å². The van der Waals surface area contributed by atoms with Gasteiger partial charge in [-0.2, -0.15) is 0 Å². The predicted molar refractivity (Wildman–Crippen MR) is 252 cm³/mol.